The first kappa shape index (κ1) is 16.2. The number of piperidine rings is 1. The minimum atomic E-state index is -0.156. The van der Waals surface area contributed by atoms with E-state index in [1.807, 2.05) is 34.9 Å². The predicted octanol–water partition coefficient (Wildman–Crippen LogP) is 2.47. The van der Waals surface area contributed by atoms with Crippen LogP contribution in [0.1, 0.15) is 42.2 Å². The number of benzene rings is 1. The molecule has 0 radical (unpaired) electrons. The van der Waals surface area contributed by atoms with Gasteiger partial charge in [0.25, 0.3) is 5.91 Å². The molecule has 2 amide bonds. The fourth-order valence-corrected chi connectivity index (χ4v) is 4.55. The van der Waals surface area contributed by atoms with E-state index >= 15 is 0 Å². The molecule has 2 aromatic rings. The van der Waals surface area contributed by atoms with Crippen molar-refractivity contribution < 1.29 is 9.59 Å². The summed E-state index contributed by atoms with van der Waals surface area (Å²) in [4.78, 5) is 28.9. The summed E-state index contributed by atoms with van der Waals surface area (Å²) in [6.45, 7) is 3.98. The largest absolute Gasteiger partial charge is 0.337 e. The first-order valence-electron chi connectivity index (χ1n) is 8.61. The highest BCUT2D eigenvalue weighted by Gasteiger charge is 2.45. The molecule has 1 saturated heterocycles. The van der Waals surface area contributed by atoms with Gasteiger partial charge in [0.15, 0.2) is 5.69 Å². The van der Waals surface area contributed by atoms with Crippen molar-refractivity contribution in [3.05, 3.63) is 40.9 Å². The summed E-state index contributed by atoms with van der Waals surface area (Å²) < 4.78 is 3.77. The zero-order valence-electron chi connectivity index (χ0n) is 14.1. The first-order chi connectivity index (χ1) is 12.1. The Labute approximate surface area is 150 Å². The topological polar surface area (TPSA) is 66.4 Å². The van der Waals surface area contributed by atoms with Crippen LogP contribution in [-0.4, -0.2) is 45.9 Å². The molecule has 0 bridgehead atoms. The van der Waals surface area contributed by atoms with Crippen LogP contribution in [0.5, 0.6) is 0 Å². The molecule has 25 heavy (non-hydrogen) atoms. The number of anilines is 1. The summed E-state index contributed by atoms with van der Waals surface area (Å²) in [5.41, 5.74) is 2.54. The second kappa shape index (κ2) is 6.22. The maximum absolute atomic E-state index is 12.7. The summed E-state index contributed by atoms with van der Waals surface area (Å²) in [6, 6.07) is 8.22. The number of fused-ring (bicyclic) bond motifs is 2. The zero-order chi connectivity index (χ0) is 17.4. The van der Waals surface area contributed by atoms with Gasteiger partial charge >= 0.3 is 0 Å². The van der Waals surface area contributed by atoms with Crippen LogP contribution in [0, 0.1) is 0 Å². The van der Waals surface area contributed by atoms with Crippen LogP contribution in [-0.2, 0) is 10.2 Å². The molecule has 7 heteroatoms. The third-order valence-corrected chi connectivity index (χ3v) is 5.96. The van der Waals surface area contributed by atoms with Gasteiger partial charge in [-0.1, -0.05) is 22.7 Å². The molecule has 1 spiro atoms. The summed E-state index contributed by atoms with van der Waals surface area (Å²) in [5, 5.41) is 5.57. The molecule has 2 aliphatic heterocycles. The van der Waals surface area contributed by atoms with Crippen molar-refractivity contribution >= 4 is 29.0 Å². The van der Waals surface area contributed by atoms with Crippen molar-refractivity contribution in [2.45, 2.75) is 31.6 Å². The molecule has 0 N–H and O–H groups in total. The summed E-state index contributed by atoms with van der Waals surface area (Å²) >= 11 is 1.19. The Bertz CT molecular complexity index is 797. The molecule has 0 aliphatic carbocycles. The standard InChI is InChI=1S/C18H20N4O2S/c1-2-22-15-6-4-3-5-13(15)18(11-16(22)23)7-9-21(10-8-18)17(24)14-12-25-20-19-14/h3-6,12H,2,7-11H2,1H3. The zero-order valence-corrected chi connectivity index (χ0v) is 15.0. The smallest absolute Gasteiger partial charge is 0.275 e. The van der Waals surface area contributed by atoms with E-state index in [2.05, 4.69) is 15.7 Å². The van der Waals surface area contributed by atoms with Crippen molar-refractivity contribution in [2.24, 2.45) is 0 Å². The van der Waals surface area contributed by atoms with Gasteiger partial charge in [-0.25, -0.2) is 0 Å². The summed E-state index contributed by atoms with van der Waals surface area (Å²) in [5.74, 6) is 0.124. The normalized spacial score (nSPS) is 19.2. The molecule has 1 fully saturated rings. The Morgan fingerprint density at radius 3 is 2.72 bits per heavy atom. The predicted molar refractivity (Wildman–Crippen MR) is 95.8 cm³/mol. The average molecular weight is 356 g/mol. The monoisotopic (exact) mass is 356 g/mol. The number of aromatic nitrogens is 2. The van der Waals surface area contributed by atoms with E-state index in [1.54, 1.807) is 5.38 Å². The molecule has 4 rings (SSSR count). The quantitative estimate of drug-likeness (QED) is 0.829. The van der Waals surface area contributed by atoms with Crippen molar-refractivity contribution in [3.8, 4) is 0 Å². The Hall–Kier alpha value is -2.28. The SMILES string of the molecule is CCN1C(=O)CC2(CCN(C(=O)c3csnn3)CC2)c2ccccc21. The van der Waals surface area contributed by atoms with E-state index < -0.39 is 0 Å². The van der Waals surface area contributed by atoms with Crippen molar-refractivity contribution in [3.63, 3.8) is 0 Å². The van der Waals surface area contributed by atoms with Crippen LogP contribution in [0.3, 0.4) is 0 Å². The van der Waals surface area contributed by atoms with Gasteiger partial charge in [0.05, 0.1) is 0 Å². The van der Waals surface area contributed by atoms with Crippen LogP contribution in [0.2, 0.25) is 0 Å². The van der Waals surface area contributed by atoms with E-state index in [9.17, 15) is 9.59 Å². The number of hydrogen-bond acceptors (Lipinski definition) is 5. The van der Waals surface area contributed by atoms with E-state index in [-0.39, 0.29) is 17.2 Å². The Kier molecular flexibility index (Phi) is 4.03. The molecule has 0 atom stereocenters. The number of likely N-dealkylation sites (tertiary alicyclic amines) is 1. The van der Waals surface area contributed by atoms with Gasteiger partial charge in [-0.05, 0) is 42.9 Å². The lowest BCUT2D eigenvalue weighted by Gasteiger charge is -2.47. The van der Waals surface area contributed by atoms with Crippen LogP contribution >= 0.6 is 11.5 Å². The number of nitrogens with zero attached hydrogens (tertiary/aromatic N) is 4. The van der Waals surface area contributed by atoms with Gasteiger partial charge < -0.3 is 9.80 Å². The maximum atomic E-state index is 12.7. The van der Waals surface area contributed by atoms with Crippen LogP contribution in [0.25, 0.3) is 0 Å². The van der Waals surface area contributed by atoms with Crippen LogP contribution < -0.4 is 4.90 Å². The third-order valence-electron chi connectivity index (χ3n) is 5.46. The van der Waals surface area contributed by atoms with Crippen molar-refractivity contribution in [2.75, 3.05) is 24.5 Å². The van der Waals surface area contributed by atoms with Crippen molar-refractivity contribution in [1.82, 2.24) is 14.5 Å². The van der Waals surface area contributed by atoms with E-state index in [1.165, 1.54) is 17.1 Å². The van der Waals surface area contributed by atoms with Gasteiger partial charge in [0.2, 0.25) is 5.91 Å². The van der Waals surface area contributed by atoms with Gasteiger partial charge in [0, 0.05) is 42.5 Å². The Balaban J connectivity index is 1.60. The fourth-order valence-electron chi connectivity index (χ4n) is 4.12. The van der Waals surface area contributed by atoms with E-state index in [0.29, 0.717) is 31.7 Å². The molecule has 0 saturated carbocycles. The highest BCUT2D eigenvalue weighted by atomic mass is 32.1. The molecule has 6 nitrogen and oxygen atoms in total. The maximum Gasteiger partial charge on any atom is 0.275 e. The lowest BCUT2D eigenvalue weighted by molar-refractivity contribution is -0.120. The number of para-hydroxylation sites is 1. The highest BCUT2D eigenvalue weighted by molar-refractivity contribution is 7.03. The summed E-state index contributed by atoms with van der Waals surface area (Å²) in [6.07, 6.45) is 2.13. The first-order valence-corrected chi connectivity index (χ1v) is 9.44. The molecule has 0 unspecified atom stereocenters. The molecule has 1 aromatic heterocycles. The second-order valence-electron chi connectivity index (χ2n) is 6.69. The van der Waals surface area contributed by atoms with Gasteiger partial charge in [-0.3, -0.25) is 9.59 Å². The molecular formula is C18H20N4O2S. The molecule has 2 aliphatic rings. The number of hydrogen-bond donors (Lipinski definition) is 0. The average Bonchev–Trinajstić information content (AvgIpc) is 3.17. The lowest BCUT2D eigenvalue weighted by Crippen LogP contribution is -2.51. The molecule has 3 heterocycles. The third kappa shape index (κ3) is 2.63. The molecular weight excluding hydrogens is 336 g/mol. The van der Waals surface area contributed by atoms with E-state index in [0.717, 1.165) is 18.5 Å². The van der Waals surface area contributed by atoms with Gasteiger partial charge in [-0.15, -0.1) is 5.10 Å². The van der Waals surface area contributed by atoms with Gasteiger partial charge in [0.1, 0.15) is 0 Å². The van der Waals surface area contributed by atoms with Crippen LogP contribution in [0.4, 0.5) is 5.69 Å². The minimum absolute atomic E-state index is 0.0609. The lowest BCUT2D eigenvalue weighted by atomic mass is 9.67. The molecule has 130 valence electrons. The highest BCUT2D eigenvalue weighted by Crippen LogP contribution is 2.46. The Morgan fingerprint density at radius 1 is 1.28 bits per heavy atom. The molecule has 1 aromatic carbocycles. The number of rotatable bonds is 2. The number of amides is 2. The summed E-state index contributed by atoms with van der Waals surface area (Å²) in [7, 11) is 0. The van der Waals surface area contributed by atoms with Crippen LogP contribution in [0.15, 0.2) is 29.6 Å². The Morgan fingerprint density at radius 2 is 2.04 bits per heavy atom. The van der Waals surface area contributed by atoms with Crippen molar-refractivity contribution in [1.29, 1.82) is 0 Å². The minimum Gasteiger partial charge on any atom is -0.337 e. The van der Waals surface area contributed by atoms with Gasteiger partial charge in [-0.2, -0.15) is 0 Å². The number of carbonyl (C=O) groups is 2. The van der Waals surface area contributed by atoms with E-state index in [4.69, 9.17) is 0 Å². The second-order valence-corrected chi connectivity index (χ2v) is 7.30. The fraction of sp³-hybridized carbons (Fsp3) is 0.444. The number of carbonyl (C=O) groups excluding carboxylic acids is 2.